The Kier molecular flexibility index (Phi) is 13.7. The van der Waals surface area contributed by atoms with Crippen LogP contribution in [0.1, 0.15) is 73.5 Å². The molecule has 2 aliphatic rings. The van der Waals surface area contributed by atoms with Crippen molar-refractivity contribution in [1.82, 2.24) is 4.98 Å². The van der Waals surface area contributed by atoms with E-state index < -0.39 is 24.3 Å². The van der Waals surface area contributed by atoms with Gasteiger partial charge in [-0.15, -0.1) is 0 Å². The first-order valence-electron chi connectivity index (χ1n) is 17.2. The minimum Gasteiger partial charge on any atom is -0.489 e. The smallest absolute Gasteiger partial charge is 0.303 e. The minimum absolute atomic E-state index is 0.00179. The molecule has 0 saturated carbocycles. The third-order valence-corrected chi connectivity index (χ3v) is 8.85. The van der Waals surface area contributed by atoms with Crippen molar-refractivity contribution >= 4 is 17.5 Å². The molecule has 3 aromatic rings. The van der Waals surface area contributed by atoms with E-state index in [0.29, 0.717) is 32.5 Å². The summed E-state index contributed by atoms with van der Waals surface area (Å²) in [6.07, 6.45) is 19.2. The van der Waals surface area contributed by atoms with Crippen LogP contribution in [-0.4, -0.2) is 51.1 Å². The molecule has 0 amide bonds. The Morgan fingerprint density at radius 1 is 0.880 bits per heavy atom. The highest BCUT2D eigenvalue weighted by atomic mass is 16.7. The average molecular weight is 680 g/mol. The molecule has 1 saturated heterocycles. The van der Waals surface area contributed by atoms with Crippen LogP contribution in [0, 0.1) is 11.8 Å². The molecule has 0 bridgehead atoms. The van der Waals surface area contributed by atoms with Crippen molar-refractivity contribution < 1.29 is 39.1 Å². The number of benzene rings is 2. The largest absolute Gasteiger partial charge is 0.489 e. The van der Waals surface area contributed by atoms with Crippen LogP contribution in [0.5, 0.6) is 5.75 Å². The van der Waals surface area contributed by atoms with E-state index in [1.54, 1.807) is 12.3 Å². The zero-order chi connectivity index (χ0) is 35.1. The number of nitrogens with zero attached hydrogens (tertiary/aromatic N) is 1. The Morgan fingerprint density at radius 2 is 1.66 bits per heavy atom. The van der Waals surface area contributed by atoms with Crippen molar-refractivity contribution in [3.05, 3.63) is 138 Å². The summed E-state index contributed by atoms with van der Waals surface area (Å²) >= 11 is 0. The van der Waals surface area contributed by atoms with Gasteiger partial charge in [0.1, 0.15) is 12.4 Å². The summed E-state index contributed by atoms with van der Waals surface area (Å²) in [5.74, 6) is -1.07. The number of hydrogen-bond donors (Lipinski definition) is 3. The van der Waals surface area contributed by atoms with Gasteiger partial charge in [0.25, 0.3) is 0 Å². The number of aliphatic carboxylic acids is 2. The van der Waals surface area contributed by atoms with Crippen molar-refractivity contribution in [3.8, 4) is 5.75 Å². The van der Waals surface area contributed by atoms with Crippen LogP contribution in [0.3, 0.4) is 0 Å². The molecule has 9 nitrogen and oxygen atoms in total. The van der Waals surface area contributed by atoms with E-state index in [-0.39, 0.29) is 30.8 Å². The van der Waals surface area contributed by atoms with Crippen LogP contribution in [-0.2, 0) is 25.7 Å². The lowest BCUT2D eigenvalue weighted by molar-refractivity contribution is -0.253. The summed E-state index contributed by atoms with van der Waals surface area (Å²) in [5.41, 5.74) is 4.94. The highest BCUT2D eigenvalue weighted by Crippen LogP contribution is 2.37. The molecule has 262 valence electrons. The molecule has 2 heterocycles. The Labute approximate surface area is 293 Å². The highest BCUT2D eigenvalue weighted by Gasteiger charge is 2.39. The van der Waals surface area contributed by atoms with Crippen molar-refractivity contribution in [2.24, 2.45) is 11.8 Å². The molecule has 50 heavy (non-hydrogen) atoms. The second kappa shape index (κ2) is 18.8. The quantitative estimate of drug-likeness (QED) is 0.0970. The van der Waals surface area contributed by atoms with Crippen LogP contribution >= 0.6 is 0 Å². The lowest BCUT2D eigenvalue weighted by Gasteiger charge is -2.41. The highest BCUT2D eigenvalue weighted by molar-refractivity contribution is 5.79. The molecular formula is C41H45NO8. The van der Waals surface area contributed by atoms with E-state index in [1.165, 1.54) is 0 Å². The molecule has 5 atom stereocenters. The molecule has 0 radical (unpaired) electrons. The summed E-state index contributed by atoms with van der Waals surface area (Å²) in [5, 5.41) is 28.6. The standard InChI is InChI=1S/C41H45NO8/c43-37-14-8-7-13-36(37)40-33(10-3-1-5-15-38(44)45)28-49-41(50-40)31-19-17-29(18-20-31)27-48-34-23-21-30(22-24-34)35(32-11-9-25-42-26-32)12-4-2-6-16-39(46)47/h1,3,7-9,11-14,17-26,33,36-37,40-41,43H,2,4-6,10,15-16,27-28H2,(H,44,45)(H,46,47)/b3-1-,35-12+/t33-,36?,37?,40+,41+/m1/s1. The summed E-state index contributed by atoms with van der Waals surface area (Å²) in [4.78, 5) is 26.0. The van der Waals surface area contributed by atoms with E-state index in [1.807, 2.05) is 97.2 Å². The van der Waals surface area contributed by atoms with Gasteiger partial charge in [-0.3, -0.25) is 14.6 Å². The number of rotatable bonds is 17. The molecule has 2 aromatic carbocycles. The Balaban J connectivity index is 1.18. The first kappa shape index (κ1) is 36.5. The van der Waals surface area contributed by atoms with Gasteiger partial charge in [0.15, 0.2) is 6.29 Å². The maximum atomic E-state index is 10.9. The van der Waals surface area contributed by atoms with Gasteiger partial charge < -0.3 is 29.5 Å². The average Bonchev–Trinajstić information content (AvgIpc) is 3.13. The summed E-state index contributed by atoms with van der Waals surface area (Å²) < 4.78 is 18.8. The summed E-state index contributed by atoms with van der Waals surface area (Å²) in [7, 11) is 0. The molecule has 2 unspecified atom stereocenters. The molecular weight excluding hydrogens is 634 g/mol. The molecule has 1 aliphatic carbocycles. The van der Waals surface area contributed by atoms with Crippen molar-refractivity contribution in [2.75, 3.05) is 6.61 Å². The van der Waals surface area contributed by atoms with Crippen LogP contribution in [0.4, 0.5) is 0 Å². The van der Waals surface area contributed by atoms with Gasteiger partial charge >= 0.3 is 11.9 Å². The lowest BCUT2D eigenvalue weighted by atomic mass is 9.82. The van der Waals surface area contributed by atoms with E-state index in [4.69, 9.17) is 24.4 Å². The third kappa shape index (κ3) is 10.8. The normalized spacial score (nSPS) is 22.1. The minimum atomic E-state index is -0.822. The number of pyridine rings is 1. The first-order chi connectivity index (χ1) is 24.4. The molecule has 1 fully saturated rings. The van der Waals surface area contributed by atoms with Gasteiger partial charge in [-0.2, -0.15) is 0 Å². The molecule has 5 rings (SSSR count). The van der Waals surface area contributed by atoms with Gasteiger partial charge in [0.2, 0.25) is 0 Å². The summed E-state index contributed by atoms with van der Waals surface area (Å²) in [6.45, 7) is 0.827. The lowest BCUT2D eigenvalue weighted by Crippen LogP contribution is -2.44. The molecule has 3 N–H and O–H groups in total. The van der Waals surface area contributed by atoms with Crippen LogP contribution in [0.25, 0.3) is 5.57 Å². The Morgan fingerprint density at radius 3 is 2.38 bits per heavy atom. The van der Waals surface area contributed by atoms with E-state index in [0.717, 1.165) is 46.4 Å². The van der Waals surface area contributed by atoms with Gasteiger partial charge in [-0.05, 0) is 67.0 Å². The Bertz CT molecular complexity index is 1650. The van der Waals surface area contributed by atoms with Crippen molar-refractivity contribution in [1.29, 1.82) is 0 Å². The monoisotopic (exact) mass is 679 g/mol. The maximum Gasteiger partial charge on any atom is 0.303 e. The fourth-order valence-corrected chi connectivity index (χ4v) is 6.15. The number of aromatic nitrogens is 1. The topological polar surface area (TPSA) is 135 Å². The molecule has 1 aromatic heterocycles. The molecule has 9 heteroatoms. The predicted molar refractivity (Wildman–Crippen MR) is 190 cm³/mol. The van der Waals surface area contributed by atoms with Crippen LogP contribution in [0.2, 0.25) is 0 Å². The zero-order valence-corrected chi connectivity index (χ0v) is 28.1. The number of carboxylic acids is 2. The van der Waals surface area contributed by atoms with Gasteiger partial charge in [-0.1, -0.05) is 85.0 Å². The fraction of sp³-hybridized carbons (Fsp3) is 0.341. The van der Waals surface area contributed by atoms with E-state index in [2.05, 4.69) is 11.1 Å². The molecule has 0 spiro atoms. The molecule has 1 aliphatic heterocycles. The number of unbranched alkanes of at least 4 members (excludes halogenated alkanes) is 2. The van der Waals surface area contributed by atoms with Crippen LogP contribution in [0.15, 0.2) is 116 Å². The summed E-state index contributed by atoms with van der Waals surface area (Å²) in [6, 6.07) is 19.8. The van der Waals surface area contributed by atoms with E-state index in [9.17, 15) is 14.7 Å². The van der Waals surface area contributed by atoms with Crippen LogP contribution < -0.4 is 4.74 Å². The third-order valence-electron chi connectivity index (χ3n) is 8.85. The van der Waals surface area contributed by atoms with Gasteiger partial charge in [0, 0.05) is 48.2 Å². The number of carboxylic acid groups (broad SMARTS) is 2. The number of aliphatic hydroxyl groups is 1. The fourth-order valence-electron chi connectivity index (χ4n) is 6.15. The number of aliphatic hydroxyl groups excluding tert-OH is 1. The Hall–Kier alpha value is -4.83. The second-order valence-electron chi connectivity index (χ2n) is 12.6. The SMILES string of the molecule is O=C(O)CC/C=C\C[C@@H]1CO[C@H](c2ccc(COc3ccc(/C(=C\CCCCC(=O)O)c4cccnc4)cc3)cc2)O[C@@H]1C1C=CC=CC1O. The maximum absolute atomic E-state index is 10.9. The second-order valence-corrected chi connectivity index (χ2v) is 12.6. The van der Waals surface area contributed by atoms with Gasteiger partial charge in [0.05, 0.1) is 18.8 Å². The van der Waals surface area contributed by atoms with Crippen molar-refractivity contribution in [3.63, 3.8) is 0 Å². The number of allylic oxidation sites excluding steroid dienone is 5. The number of carbonyl (C=O) groups is 2. The first-order valence-corrected chi connectivity index (χ1v) is 17.2. The number of ether oxygens (including phenoxy) is 3. The van der Waals surface area contributed by atoms with Crippen molar-refractivity contribution in [2.45, 2.75) is 70.1 Å². The van der Waals surface area contributed by atoms with Gasteiger partial charge in [-0.25, -0.2) is 0 Å². The number of hydrogen-bond acceptors (Lipinski definition) is 7. The van der Waals surface area contributed by atoms with E-state index >= 15 is 0 Å². The zero-order valence-electron chi connectivity index (χ0n) is 28.1. The predicted octanol–water partition coefficient (Wildman–Crippen LogP) is 7.68.